The Morgan fingerprint density at radius 1 is 0.575 bits per heavy atom. The molecule has 10 nitrogen and oxygen atoms in total. The molecule has 0 fully saturated rings. The molecule has 2 aromatic carbocycles. The number of nitrogens with zero attached hydrogens (tertiary/aromatic N) is 2. The van der Waals surface area contributed by atoms with Crippen molar-refractivity contribution in [3.05, 3.63) is 99.2 Å². The van der Waals surface area contributed by atoms with E-state index in [1.165, 1.54) is 81.4 Å². The number of benzene rings is 2. The lowest BCUT2D eigenvalue weighted by molar-refractivity contribution is -0.121. The summed E-state index contributed by atoms with van der Waals surface area (Å²) in [6.07, 6.45) is 5.68. The number of carbonyl (C=O) groups is 2. The summed E-state index contributed by atoms with van der Waals surface area (Å²) in [5, 5.41) is 5.26. The quantitative estimate of drug-likeness (QED) is 0.271. The molecule has 0 aliphatic carbocycles. The van der Waals surface area contributed by atoms with E-state index >= 15 is 0 Å². The summed E-state index contributed by atoms with van der Waals surface area (Å²) in [5.41, 5.74) is 0.754. The number of rotatable bonds is 17. The summed E-state index contributed by atoms with van der Waals surface area (Å²) in [5.74, 6) is -0.867. The maximum absolute atomic E-state index is 12.8. The summed E-state index contributed by atoms with van der Waals surface area (Å²) in [4.78, 5) is 24.8. The van der Waals surface area contributed by atoms with Crippen molar-refractivity contribution in [3.63, 3.8) is 0 Å². The first-order valence-electron chi connectivity index (χ1n) is 12.2. The normalized spacial score (nSPS) is 11.6. The van der Waals surface area contributed by atoms with Gasteiger partial charge in [-0.15, -0.1) is 26.3 Å². The lowest BCUT2D eigenvalue weighted by Gasteiger charge is -2.19. The number of nitrogens with one attached hydrogen (secondary N) is 2. The minimum Gasteiger partial charge on any atom is -0.326 e. The van der Waals surface area contributed by atoms with E-state index in [1.807, 2.05) is 0 Å². The second-order valence-electron chi connectivity index (χ2n) is 8.44. The van der Waals surface area contributed by atoms with E-state index in [2.05, 4.69) is 36.9 Å². The molecule has 2 rings (SSSR count). The molecule has 0 unspecified atom stereocenters. The molecular weight excluding hydrogens is 552 g/mol. The Labute approximate surface area is 236 Å². The summed E-state index contributed by atoms with van der Waals surface area (Å²) in [6, 6.07) is 11.4. The van der Waals surface area contributed by atoms with Gasteiger partial charge in [-0.2, -0.15) is 8.61 Å². The average molecular weight is 587 g/mol. The van der Waals surface area contributed by atoms with Crippen LogP contribution in [0.4, 0.5) is 11.4 Å². The fourth-order valence-corrected chi connectivity index (χ4v) is 6.27. The molecule has 0 aromatic heterocycles. The average Bonchev–Trinajstić information content (AvgIpc) is 2.92. The maximum atomic E-state index is 12.8. The highest BCUT2D eigenvalue weighted by Crippen LogP contribution is 2.20. The molecular formula is C28H34N4O6S2. The van der Waals surface area contributed by atoms with Gasteiger partial charge in [-0.3, -0.25) is 9.59 Å². The molecule has 0 aliphatic heterocycles. The third-order valence-electron chi connectivity index (χ3n) is 5.46. The second kappa shape index (κ2) is 15.1. The first-order chi connectivity index (χ1) is 19.0. The SMILES string of the molecule is C=CCN(CC=C)S(=O)(=O)c1ccc(NC(=O)CCC(=O)Nc2ccc(S(=O)(=O)N(CC=C)CC=C)cc2)cc1. The first-order valence-corrected chi connectivity index (χ1v) is 15.1. The van der Waals surface area contributed by atoms with Crippen molar-refractivity contribution in [2.75, 3.05) is 36.8 Å². The van der Waals surface area contributed by atoms with Crippen LogP contribution in [0, 0.1) is 0 Å². The third kappa shape index (κ3) is 8.85. The topological polar surface area (TPSA) is 133 Å². The molecule has 214 valence electrons. The van der Waals surface area contributed by atoms with Crippen LogP contribution in [0.15, 0.2) is 109 Å². The molecule has 2 aromatic rings. The summed E-state index contributed by atoms with van der Waals surface area (Å²) in [6.45, 7) is 14.8. The molecule has 0 saturated heterocycles. The Kier molecular flexibility index (Phi) is 12.2. The Hall–Kier alpha value is -3.84. The fraction of sp³-hybridized carbons (Fsp3) is 0.214. The Morgan fingerprint density at radius 2 is 0.850 bits per heavy atom. The number of carbonyl (C=O) groups excluding carboxylic acids is 2. The number of hydrogen-bond donors (Lipinski definition) is 2. The van der Waals surface area contributed by atoms with E-state index in [-0.39, 0.29) is 48.8 Å². The summed E-state index contributed by atoms with van der Waals surface area (Å²) < 4.78 is 53.6. The van der Waals surface area contributed by atoms with Crippen LogP contribution in [0.5, 0.6) is 0 Å². The highest BCUT2D eigenvalue weighted by molar-refractivity contribution is 7.89. The van der Waals surface area contributed by atoms with E-state index in [0.29, 0.717) is 11.4 Å². The van der Waals surface area contributed by atoms with Crippen LogP contribution in [-0.2, 0) is 29.6 Å². The first kappa shape index (κ1) is 32.4. The van der Waals surface area contributed by atoms with Gasteiger partial charge in [-0.25, -0.2) is 16.8 Å². The van der Waals surface area contributed by atoms with Crippen molar-refractivity contribution >= 4 is 43.2 Å². The van der Waals surface area contributed by atoms with Crippen LogP contribution in [-0.4, -0.2) is 63.4 Å². The largest absolute Gasteiger partial charge is 0.326 e. The Balaban J connectivity index is 1.93. The van der Waals surface area contributed by atoms with Gasteiger partial charge in [0.1, 0.15) is 0 Å². The summed E-state index contributed by atoms with van der Waals surface area (Å²) in [7, 11) is -7.52. The smallest absolute Gasteiger partial charge is 0.243 e. The van der Waals surface area contributed by atoms with Crippen LogP contribution in [0.3, 0.4) is 0 Å². The van der Waals surface area contributed by atoms with Crippen molar-refractivity contribution in [3.8, 4) is 0 Å². The second-order valence-corrected chi connectivity index (χ2v) is 12.3. The monoisotopic (exact) mass is 586 g/mol. The molecule has 0 atom stereocenters. The van der Waals surface area contributed by atoms with Crippen LogP contribution in [0.25, 0.3) is 0 Å². The Bertz CT molecular complexity index is 1300. The summed E-state index contributed by atoms with van der Waals surface area (Å²) >= 11 is 0. The molecule has 0 heterocycles. The molecule has 0 saturated carbocycles. The predicted octanol–water partition coefficient (Wildman–Crippen LogP) is 3.77. The number of anilines is 2. The van der Waals surface area contributed by atoms with Gasteiger partial charge >= 0.3 is 0 Å². The van der Waals surface area contributed by atoms with E-state index in [4.69, 9.17) is 0 Å². The van der Waals surface area contributed by atoms with Gasteiger partial charge in [0.15, 0.2) is 0 Å². The maximum Gasteiger partial charge on any atom is 0.243 e. The predicted molar refractivity (Wildman–Crippen MR) is 158 cm³/mol. The van der Waals surface area contributed by atoms with Gasteiger partial charge in [0.05, 0.1) is 9.79 Å². The van der Waals surface area contributed by atoms with Crippen molar-refractivity contribution < 1.29 is 26.4 Å². The van der Waals surface area contributed by atoms with Crippen LogP contribution in [0.1, 0.15) is 12.8 Å². The highest BCUT2D eigenvalue weighted by Gasteiger charge is 2.23. The molecule has 12 heteroatoms. The molecule has 40 heavy (non-hydrogen) atoms. The molecule has 2 N–H and O–H groups in total. The van der Waals surface area contributed by atoms with E-state index < -0.39 is 31.9 Å². The van der Waals surface area contributed by atoms with Gasteiger partial charge < -0.3 is 10.6 Å². The molecule has 0 aliphatic rings. The number of hydrogen-bond acceptors (Lipinski definition) is 6. The van der Waals surface area contributed by atoms with Crippen molar-refractivity contribution in [2.45, 2.75) is 22.6 Å². The van der Waals surface area contributed by atoms with Crippen molar-refractivity contribution in [2.24, 2.45) is 0 Å². The fourth-order valence-electron chi connectivity index (χ4n) is 3.51. The minimum absolute atomic E-state index is 0.0570. The van der Waals surface area contributed by atoms with E-state index in [9.17, 15) is 26.4 Å². The van der Waals surface area contributed by atoms with Gasteiger partial charge in [-0.1, -0.05) is 24.3 Å². The standard InChI is InChI=1S/C28H34N4O6S2/c1-5-19-31(20-6-2)39(35,36)25-13-9-23(10-14-25)29-27(33)17-18-28(34)30-24-11-15-26(16-12-24)40(37,38)32(21-7-3)22-8-4/h5-16H,1-4,17-22H2,(H,29,33)(H,30,34). The van der Waals surface area contributed by atoms with Gasteiger partial charge in [0, 0.05) is 50.4 Å². The lowest BCUT2D eigenvalue weighted by atomic mass is 10.2. The van der Waals surface area contributed by atoms with Crippen LogP contribution < -0.4 is 10.6 Å². The van der Waals surface area contributed by atoms with Gasteiger partial charge in [-0.05, 0) is 48.5 Å². The molecule has 0 spiro atoms. The van der Waals surface area contributed by atoms with E-state index in [1.54, 1.807) is 0 Å². The van der Waals surface area contributed by atoms with E-state index in [0.717, 1.165) is 0 Å². The zero-order valence-corrected chi connectivity index (χ0v) is 23.8. The number of sulfonamides is 2. The zero-order valence-electron chi connectivity index (χ0n) is 22.2. The van der Waals surface area contributed by atoms with Crippen molar-refractivity contribution in [1.82, 2.24) is 8.61 Å². The minimum atomic E-state index is -3.76. The van der Waals surface area contributed by atoms with Crippen LogP contribution in [0.2, 0.25) is 0 Å². The molecule has 0 bridgehead atoms. The Morgan fingerprint density at radius 3 is 1.10 bits per heavy atom. The lowest BCUT2D eigenvalue weighted by Crippen LogP contribution is -2.31. The van der Waals surface area contributed by atoms with Crippen LogP contribution >= 0.6 is 0 Å². The zero-order chi connectivity index (χ0) is 29.8. The molecule has 0 radical (unpaired) electrons. The van der Waals surface area contributed by atoms with Gasteiger partial charge in [0.25, 0.3) is 0 Å². The van der Waals surface area contributed by atoms with Crippen molar-refractivity contribution in [1.29, 1.82) is 0 Å². The third-order valence-corrected chi connectivity index (χ3v) is 9.15. The molecule has 2 amide bonds. The van der Waals surface area contributed by atoms with Gasteiger partial charge in [0.2, 0.25) is 31.9 Å². The number of amides is 2. The highest BCUT2D eigenvalue weighted by atomic mass is 32.2.